The summed E-state index contributed by atoms with van der Waals surface area (Å²) in [7, 11) is 0. The first-order valence-corrected chi connectivity index (χ1v) is 11.6. The van der Waals surface area contributed by atoms with E-state index in [-0.39, 0.29) is 24.3 Å². The average molecular weight is 543 g/mol. The van der Waals surface area contributed by atoms with Crippen molar-refractivity contribution in [3.05, 3.63) is 73.5 Å². The Labute approximate surface area is 203 Å². The number of halogens is 3. The van der Waals surface area contributed by atoms with Crippen LogP contribution < -0.4 is 9.47 Å². The van der Waals surface area contributed by atoms with Crippen LogP contribution in [0.5, 0.6) is 11.5 Å². The second-order valence-corrected chi connectivity index (χ2v) is 9.06. The smallest absolute Gasteiger partial charge is 0.293 e. The van der Waals surface area contributed by atoms with Gasteiger partial charge in [-0.25, -0.2) is 0 Å². The third kappa shape index (κ3) is 5.66. The summed E-state index contributed by atoms with van der Waals surface area (Å²) in [5.41, 5.74) is 1.47. The molecule has 1 aliphatic heterocycles. The van der Waals surface area contributed by atoms with Crippen molar-refractivity contribution in [1.82, 2.24) is 4.90 Å². The molecular formula is C22H18BrCl2NO4S. The first-order valence-electron chi connectivity index (χ1n) is 9.23. The molecule has 1 heterocycles. The largest absolute Gasteiger partial charge is 0.490 e. The van der Waals surface area contributed by atoms with Gasteiger partial charge in [-0.15, -0.1) is 6.58 Å². The van der Waals surface area contributed by atoms with Crippen LogP contribution in [0.4, 0.5) is 4.79 Å². The molecule has 0 spiro atoms. The van der Waals surface area contributed by atoms with Crippen molar-refractivity contribution in [1.29, 1.82) is 0 Å². The molecule has 2 amide bonds. The standard InChI is InChI=1S/C22H18BrCl2NO4S/c1-3-7-26-21(27)19(31-22(26)28)10-13-8-16(23)20(18(9-13)29-4-2)30-12-14-5-6-15(24)11-17(14)25/h3,5-6,8-11H,1,4,7,12H2,2H3/b19-10+. The lowest BCUT2D eigenvalue weighted by atomic mass is 10.1. The van der Waals surface area contributed by atoms with Gasteiger partial charge >= 0.3 is 0 Å². The highest BCUT2D eigenvalue weighted by molar-refractivity contribution is 9.10. The first-order chi connectivity index (χ1) is 14.8. The van der Waals surface area contributed by atoms with Gasteiger partial charge in [0.2, 0.25) is 0 Å². The van der Waals surface area contributed by atoms with E-state index in [0.29, 0.717) is 43.1 Å². The number of rotatable bonds is 8. The number of hydrogen-bond acceptors (Lipinski definition) is 5. The molecule has 0 aromatic heterocycles. The Morgan fingerprint density at radius 3 is 2.65 bits per heavy atom. The summed E-state index contributed by atoms with van der Waals surface area (Å²) < 4.78 is 12.4. The molecule has 0 radical (unpaired) electrons. The van der Waals surface area contributed by atoms with Crippen LogP contribution in [0, 0.1) is 0 Å². The van der Waals surface area contributed by atoms with Gasteiger partial charge < -0.3 is 9.47 Å². The van der Waals surface area contributed by atoms with Crippen molar-refractivity contribution in [2.75, 3.05) is 13.2 Å². The number of benzene rings is 2. The Kier molecular flexibility index (Phi) is 8.11. The predicted octanol–water partition coefficient (Wildman–Crippen LogP) is 6.96. The highest BCUT2D eigenvalue weighted by Gasteiger charge is 2.34. The molecule has 31 heavy (non-hydrogen) atoms. The molecule has 0 aliphatic carbocycles. The third-order valence-corrected chi connectivity index (χ3v) is 6.29. The van der Waals surface area contributed by atoms with E-state index in [1.54, 1.807) is 36.4 Å². The van der Waals surface area contributed by atoms with Gasteiger partial charge in [-0.2, -0.15) is 0 Å². The predicted molar refractivity (Wildman–Crippen MR) is 129 cm³/mol. The first kappa shape index (κ1) is 23.7. The molecule has 5 nitrogen and oxygen atoms in total. The normalized spacial score (nSPS) is 15.0. The van der Waals surface area contributed by atoms with Crippen molar-refractivity contribution in [3.8, 4) is 11.5 Å². The number of amides is 2. The van der Waals surface area contributed by atoms with Gasteiger partial charge in [0.25, 0.3) is 11.1 Å². The van der Waals surface area contributed by atoms with Gasteiger partial charge in [0.1, 0.15) is 6.61 Å². The second kappa shape index (κ2) is 10.6. The Hall–Kier alpha value is -1.93. The maximum atomic E-state index is 12.5. The van der Waals surface area contributed by atoms with Gasteiger partial charge in [0.05, 0.1) is 16.0 Å². The second-order valence-electron chi connectivity index (χ2n) is 6.37. The minimum absolute atomic E-state index is 0.177. The molecule has 162 valence electrons. The molecule has 1 saturated heterocycles. The van der Waals surface area contributed by atoms with E-state index in [4.69, 9.17) is 32.7 Å². The van der Waals surface area contributed by atoms with Crippen molar-refractivity contribution in [2.24, 2.45) is 0 Å². The summed E-state index contributed by atoms with van der Waals surface area (Å²) in [4.78, 5) is 26.0. The van der Waals surface area contributed by atoms with Crippen molar-refractivity contribution in [3.63, 3.8) is 0 Å². The van der Waals surface area contributed by atoms with Gasteiger partial charge in [0.15, 0.2) is 11.5 Å². The van der Waals surface area contributed by atoms with Crippen LogP contribution in [-0.4, -0.2) is 29.2 Å². The van der Waals surface area contributed by atoms with E-state index in [2.05, 4.69) is 22.5 Å². The van der Waals surface area contributed by atoms with Crippen LogP contribution in [0.25, 0.3) is 6.08 Å². The quantitative estimate of drug-likeness (QED) is 0.266. The van der Waals surface area contributed by atoms with E-state index in [1.165, 1.54) is 6.08 Å². The lowest BCUT2D eigenvalue weighted by Gasteiger charge is -2.15. The number of imide groups is 1. The molecule has 2 aromatic rings. The Balaban J connectivity index is 1.87. The minimum atomic E-state index is -0.346. The molecular weight excluding hydrogens is 525 g/mol. The molecule has 0 N–H and O–H groups in total. The van der Waals surface area contributed by atoms with Crippen molar-refractivity contribution in [2.45, 2.75) is 13.5 Å². The monoisotopic (exact) mass is 541 g/mol. The van der Waals surface area contributed by atoms with E-state index in [1.807, 2.05) is 6.92 Å². The van der Waals surface area contributed by atoms with Crippen LogP contribution >= 0.6 is 50.9 Å². The van der Waals surface area contributed by atoms with Crippen molar-refractivity contribution < 1.29 is 19.1 Å². The number of hydrogen-bond donors (Lipinski definition) is 0. The molecule has 1 fully saturated rings. The van der Waals surface area contributed by atoms with Crippen LogP contribution in [-0.2, 0) is 11.4 Å². The maximum Gasteiger partial charge on any atom is 0.293 e. The van der Waals surface area contributed by atoms with Crippen LogP contribution in [0.15, 0.2) is 52.4 Å². The van der Waals surface area contributed by atoms with Crippen LogP contribution in [0.1, 0.15) is 18.1 Å². The SMILES string of the molecule is C=CCN1C(=O)S/C(=C/c2cc(Br)c(OCc3ccc(Cl)cc3Cl)c(OCC)c2)C1=O. The number of thioether (sulfide) groups is 1. The molecule has 0 unspecified atom stereocenters. The Morgan fingerprint density at radius 2 is 1.97 bits per heavy atom. The summed E-state index contributed by atoms with van der Waals surface area (Å²) in [5.74, 6) is 0.657. The van der Waals surface area contributed by atoms with Crippen LogP contribution in [0.2, 0.25) is 10.0 Å². The molecule has 1 aliphatic rings. The Bertz CT molecular complexity index is 1070. The zero-order valence-corrected chi connectivity index (χ0v) is 20.4. The summed E-state index contributed by atoms with van der Waals surface area (Å²) >= 11 is 16.6. The van der Waals surface area contributed by atoms with Gasteiger partial charge in [0, 0.05) is 22.2 Å². The highest BCUT2D eigenvalue weighted by Crippen LogP contribution is 2.40. The topological polar surface area (TPSA) is 55.8 Å². The lowest BCUT2D eigenvalue weighted by Crippen LogP contribution is -2.27. The van der Waals surface area contributed by atoms with Gasteiger partial charge in [-0.3, -0.25) is 14.5 Å². The molecule has 0 bridgehead atoms. The average Bonchev–Trinajstić information content (AvgIpc) is 2.96. The zero-order valence-electron chi connectivity index (χ0n) is 16.5. The zero-order chi connectivity index (χ0) is 22.5. The van der Waals surface area contributed by atoms with E-state index >= 15 is 0 Å². The number of carbonyl (C=O) groups excluding carboxylic acids is 2. The fourth-order valence-corrected chi connectivity index (χ4v) is 4.69. The molecule has 0 atom stereocenters. The fraction of sp³-hybridized carbons (Fsp3) is 0.182. The van der Waals surface area contributed by atoms with Gasteiger partial charge in [-0.1, -0.05) is 35.3 Å². The fourth-order valence-electron chi connectivity index (χ4n) is 2.80. The van der Waals surface area contributed by atoms with Crippen molar-refractivity contribution >= 4 is 68.1 Å². The van der Waals surface area contributed by atoms with Gasteiger partial charge in [-0.05, 0) is 70.5 Å². The molecule has 9 heteroatoms. The Morgan fingerprint density at radius 1 is 1.19 bits per heavy atom. The summed E-state index contributed by atoms with van der Waals surface area (Å²) in [6.45, 7) is 6.25. The number of carbonyl (C=O) groups is 2. The highest BCUT2D eigenvalue weighted by atomic mass is 79.9. The lowest BCUT2D eigenvalue weighted by molar-refractivity contribution is -0.122. The minimum Gasteiger partial charge on any atom is -0.490 e. The summed E-state index contributed by atoms with van der Waals surface area (Å²) in [6.07, 6.45) is 3.17. The van der Waals surface area contributed by atoms with E-state index in [9.17, 15) is 9.59 Å². The molecule has 2 aromatic carbocycles. The maximum absolute atomic E-state index is 12.5. The third-order valence-electron chi connectivity index (χ3n) is 4.20. The summed E-state index contributed by atoms with van der Waals surface area (Å²) in [6, 6.07) is 8.75. The molecule has 3 rings (SSSR count). The summed E-state index contributed by atoms with van der Waals surface area (Å²) in [5, 5.41) is 0.736. The van der Waals surface area contributed by atoms with Crippen LogP contribution in [0.3, 0.4) is 0 Å². The molecule has 0 saturated carbocycles. The van der Waals surface area contributed by atoms with E-state index < -0.39 is 0 Å². The number of nitrogens with zero attached hydrogens (tertiary/aromatic N) is 1. The van der Waals surface area contributed by atoms with E-state index in [0.717, 1.165) is 22.2 Å². The number of ether oxygens (including phenoxy) is 2.